The van der Waals surface area contributed by atoms with E-state index in [1.807, 2.05) is 6.92 Å². The minimum atomic E-state index is -0.490. The van der Waals surface area contributed by atoms with Crippen molar-refractivity contribution in [2.75, 3.05) is 13.7 Å². The van der Waals surface area contributed by atoms with Crippen LogP contribution in [0.25, 0.3) is 0 Å². The lowest BCUT2D eigenvalue weighted by molar-refractivity contribution is -0.140. The van der Waals surface area contributed by atoms with Crippen molar-refractivity contribution in [2.24, 2.45) is 0 Å². The smallest absolute Gasteiger partial charge is 0.315 e. The zero-order chi connectivity index (χ0) is 12.3. The summed E-state index contributed by atoms with van der Waals surface area (Å²) in [5.41, 5.74) is -0.490. The van der Waals surface area contributed by atoms with Gasteiger partial charge in [-0.2, -0.15) is 4.98 Å². The van der Waals surface area contributed by atoms with Crippen LogP contribution in [0.4, 0.5) is 0 Å². The number of nitrogens with zero attached hydrogens (tertiary/aromatic N) is 2. The minimum absolute atomic E-state index is 0.000417. The molecular weight excluding hydrogens is 224 g/mol. The predicted octanol–water partition coefficient (Wildman–Crippen LogP) is 1.20. The zero-order valence-corrected chi connectivity index (χ0v) is 10.1. The van der Waals surface area contributed by atoms with E-state index >= 15 is 0 Å². The second kappa shape index (κ2) is 4.83. The number of esters is 1. The van der Waals surface area contributed by atoms with Crippen LogP contribution < -0.4 is 0 Å². The molecule has 0 N–H and O–H groups in total. The Morgan fingerprint density at radius 2 is 2.35 bits per heavy atom. The van der Waals surface area contributed by atoms with Crippen molar-refractivity contribution in [1.82, 2.24) is 10.1 Å². The predicted molar refractivity (Wildman–Crippen MR) is 57.2 cm³/mol. The Morgan fingerprint density at radius 3 is 3.00 bits per heavy atom. The van der Waals surface area contributed by atoms with Gasteiger partial charge in [-0.3, -0.25) is 4.79 Å². The van der Waals surface area contributed by atoms with Gasteiger partial charge in [0.05, 0.1) is 7.11 Å². The number of ether oxygens (including phenoxy) is 2. The van der Waals surface area contributed by atoms with E-state index in [0.29, 0.717) is 12.4 Å². The number of hydrogen-bond acceptors (Lipinski definition) is 6. The van der Waals surface area contributed by atoms with Gasteiger partial charge < -0.3 is 14.0 Å². The summed E-state index contributed by atoms with van der Waals surface area (Å²) in [7, 11) is 1.32. The SMILES string of the molecule is COC(=O)Cc1nc(C2(C)CCCCO2)no1. The molecule has 1 aliphatic rings. The van der Waals surface area contributed by atoms with E-state index in [4.69, 9.17) is 9.26 Å². The normalized spacial score (nSPS) is 24.6. The van der Waals surface area contributed by atoms with E-state index in [2.05, 4.69) is 14.9 Å². The van der Waals surface area contributed by atoms with Gasteiger partial charge in [0.15, 0.2) is 0 Å². The molecule has 6 heteroatoms. The first-order valence-electron chi connectivity index (χ1n) is 5.68. The highest BCUT2D eigenvalue weighted by Crippen LogP contribution is 2.32. The third-order valence-electron chi connectivity index (χ3n) is 2.93. The molecule has 1 fully saturated rings. The minimum Gasteiger partial charge on any atom is -0.469 e. The van der Waals surface area contributed by atoms with Gasteiger partial charge in [-0.1, -0.05) is 5.16 Å². The van der Waals surface area contributed by atoms with Crippen LogP contribution >= 0.6 is 0 Å². The summed E-state index contributed by atoms with van der Waals surface area (Å²) in [4.78, 5) is 15.3. The van der Waals surface area contributed by atoms with Crippen LogP contribution in [0.1, 0.15) is 37.9 Å². The molecule has 0 aromatic carbocycles. The van der Waals surface area contributed by atoms with Gasteiger partial charge in [0.25, 0.3) is 0 Å². The van der Waals surface area contributed by atoms with Crippen LogP contribution in [-0.2, 0) is 26.3 Å². The molecule has 1 atom stereocenters. The van der Waals surface area contributed by atoms with Crippen molar-refractivity contribution in [3.05, 3.63) is 11.7 Å². The second-order valence-electron chi connectivity index (χ2n) is 4.30. The molecule has 1 aromatic heterocycles. The molecule has 0 spiro atoms. The summed E-state index contributed by atoms with van der Waals surface area (Å²) in [6, 6.07) is 0. The lowest BCUT2D eigenvalue weighted by atomic mass is 9.95. The van der Waals surface area contributed by atoms with E-state index in [-0.39, 0.29) is 12.3 Å². The van der Waals surface area contributed by atoms with Crippen molar-refractivity contribution in [1.29, 1.82) is 0 Å². The summed E-state index contributed by atoms with van der Waals surface area (Å²) >= 11 is 0. The highest BCUT2D eigenvalue weighted by molar-refractivity contribution is 5.71. The largest absolute Gasteiger partial charge is 0.469 e. The average Bonchev–Trinajstić information content (AvgIpc) is 2.79. The first kappa shape index (κ1) is 12.0. The molecule has 94 valence electrons. The Bertz CT molecular complexity index is 396. The molecule has 2 heterocycles. The first-order valence-corrected chi connectivity index (χ1v) is 5.68. The van der Waals surface area contributed by atoms with Crippen molar-refractivity contribution in [2.45, 2.75) is 38.2 Å². The number of hydrogen-bond donors (Lipinski definition) is 0. The van der Waals surface area contributed by atoms with Gasteiger partial charge in [0.1, 0.15) is 12.0 Å². The van der Waals surface area contributed by atoms with Gasteiger partial charge in [-0.25, -0.2) is 0 Å². The van der Waals surface area contributed by atoms with Gasteiger partial charge in [-0.05, 0) is 26.2 Å². The third kappa shape index (κ3) is 2.63. The van der Waals surface area contributed by atoms with Crippen molar-refractivity contribution >= 4 is 5.97 Å². The summed E-state index contributed by atoms with van der Waals surface area (Å²) < 4.78 is 15.2. The van der Waals surface area contributed by atoms with Crippen LogP contribution in [0.5, 0.6) is 0 Å². The molecule has 1 aromatic rings. The molecule has 0 bridgehead atoms. The van der Waals surface area contributed by atoms with E-state index < -0.39 is 11.6 Å². The summed E-state index contributed by atoms with van der Waals surface area (Å²) in [5, 5.41) is 3.88. The van der Waals surface area contributed by atoms with Crippen LogP contribution in [0, 0.1) is 0 Å². The monoisotopic (exact) mass is 240 g/mol. The molecule has 1 aliphatic heterocycles. The molecule has 0 radical (unpaired) electrons. The molecule has 0 saturated carbocycles. The zero-order valence-electron chi connectivity index (χ0n) is 10.1. The number of carbonyl (C=O) groups excluding carboxylic acids is 1. The average molecular weight is 240 g/mol. The fourth-order valence-electron chi connectivity index (χ4n) is 1.85. The van der Waals surface area contributed by atoms with Crippen molar-refractivity contribution < 1.29 is 18.8 Å². The maximum absolute atomic E-state index is 11.1. The standard InChI is InChI=1S/C11H16N2O4/c1-11(5-3-4-6-16-11)10-12-8(17-13-10)7-9(14)15-2/h3-7H2,1-2H3. The molecule has 1 saturated heterocycles. The highest BCUT2D eigenvalue weighted by Gasteiger charge is 2.35. The Hall–Kier alpha value is -1.43. The van der Waals surface area contributed by atoms with Gasteiger partial charge >= 0.3 is 5.97 Å². The maximum atomic E-state index is 11.1. The van der Waals surface area contributed by atoms with Crippen LogP contribution in [0.3, 0.4) is 0 Å². The van der Waals surface area contributed by atoms with Crippen molar-refractivity contribution in [3.8, 4) is 0 Å². The molecule has 17 heavy (non-hydrogen) atoms. The number of aromatic nitrogens is 2. The fraction of sp³-hybridized carbons (Fsp3) is 0.727. The number of carbonyl (C=O) groups is 1. The van der Waals surface area contributed by atoms with Crippen molar-refractivity contribution in [3.63, 3.8) is 0 Å². The molecule has 6 nitrogen and oxygen atoms in total. The van der Waals surface area contributed by atoms with Crippen LogP contribution in [0.2, 0.25) is 0 Å². The molecule has 0 amide bonds. The van der Waals surface area contributed by atoms with Crippen LogP contribution in [0.15, 0.2) is 4.52 Å². The lowest BCUT2D eigenvalue weighted by Crippen LogP contribution is -2.31. The van der Waals surface area contributed by atoms with Gasteiger partial charge in [0.2, 0.25) is 11.7 Å². The summed E-state index contributed by atoms with van der Waals surface area (Å²) in [5.74, 6) is 0.383. The fourth-order valence-corrected chi connectivity index (χ4v) is 1.85. The molecular formula is C11H16N2O4. The van der Waals surface area contributed by atoms with Gasteiger partial charge in [-0.15, -0.1) is 0 Å². The maximum Gasteiger partial charge on any atom is 0.315 e. The Morgan fingerprint density at radius 1 is 1.53 bits per heavy atom. The Labute approximate surface area is 99.3 Å². The lowest BCUT2D eigenvalue weighted by Gasteiger charge is -2.30. The molecule has 2 rings (SSSR count). The summed E-state index contributed by atoms with van der Waals surface area (Å²) in [6.45, 7) is 2.65. The second-order valence-corrected chi connectivity index (χ2v) is 4.30. The van der Waals surface area contributed by atoms with Crippen LogP contribution in [-0.4, -0.2) is 29.8 Å². The summed E-state index contributed by atoms with van der Waals surface area (Å²) in [6.07, 6.45) is 3.00. The quantitative estimate of drug-likeness (QED) is 0.739. The molecule has 0 aliphatic carbocycles. The highest BCUT2D eigenvalue weighted by atomic mass is 16.5. The Kier molecular flexibility index (Phi) is 3.42. The van der Waals surface area contributed by atoms with E-state index in [0.717, 1.165) is 19.3 Å². The van der Waals surface area contributed by atoms with E-state index in [1.165, 1.54) is 7.11 Å². The van der Waals surface area contributed by atoms with E-state index in [9.17, 15) is 4.79 Å². The third-order valence-corrected chi connectivity index (χ3v) is 2.93. The van der Waals surface area contributed by atoms with E-state index in [1.54, 1.807) is 0 Å². The first-order chi connectivity index (χ1) is 8.14. The number of methoxy groups -OCH3 is 1. The Balaban J connectivity index is 2.09. The number of rotatable bonds is 3. The topological polar surface area (TPSA) is 74.5 Å². The molecule has 1 unspecified atom stereocenters. The van der Waals surface area contributed by atoms with Gasteiger partial charge in [0, 0.05) is 6.61 Å².